The highest BCUT2D eigenvalue weighted by atomic mass is 79.9. The second-order valence-electron chi connectivity index (χ2n) is 5.54. The van der Waals surface area contributed by atoms with E-state index < -0.39 is 6.04 Å². The predicted octanol–water partition coefficient (Wildman–Crippen LogP) is 1.85. The Bertz CT molecular complexity index is 526. The summed E-state index contributed by atoms with van der Waals surface area (Å²) in [4.78, 5) is 25.7. The fourth-order valence-electron chi connectivity index (χ4n) is 1.75. The summed E-state index contributed by atoms with van der Waals surface area (Å²) >= 11 is 4.67. The highest BCUT2D eigenvalue weighted by Gasteiger charge is 2.37. The molecular weight excluding hydrogens is 346 g/mol. The van der Waals surface area contributed by atoms with Crippen molar-refractivity contribution < 1.29 is 14.0 Å². The van der Waals surface area contributed by atoms with Gasteiger partial charge >= 0.3 is 0 Å². The van der Waals surface area contributed by atoms with Gasteiger partial charge in [0.2, 0.25) is 17.6 Å². The number of hydrogen-bond donors (Lipinski definition) is 0. The molecule has 1 aliphatic rings. The van der Waals surface area contributed by atoms with E-state index in [1.54, 1.807) is 16.7 Å². The van der Waals surface area contributed by atoms with Crippen LogP contribution in [0.2, 0.25) is 0 Å². The third-order valence-electron chi connectivity index (χ3n) is 2.90. The van der Waals surface area contributed by atoms with Gasteiger partial charge in [0.25, 0.3) is 5.89 Å². The van der Waals surface area contributed by atoms with Crippen LogP contribution in [-0.4, -0.2) is 49.8 Å². The van der Waals surface area contributed by atoms with E-state index in [2.05, 4.69) is 26.1 Å². The van der Waals surface area contributed by atoms with Gasteiger partial charge < -0.3 is 9.32 Å². The molecular formula is C12H16BrN3O3S. The van der Waals surface area contributed by atoms with Crippen LogP contribution in [-0.2, 0) is 10.2 Å². The van der Waals surface area contributed by atoms with Gasteiger partial charge in [-0.1, -0.05) is 36.7 Å². The zero-order valence-corrected chi connectivity index (χ0v) is 14.0. The van der Waals surface area contributed by atoms with E-state index in [1.165, 1.54) is 0 Å². The van der Waals surface area contributed by atoms with Crippen LogP contribution < -0.4 is 0 Å². The molecule has 2 heterocycles. The average Bonchev–Trinajstić information content (AvgIpc) is 3.04. The van der Waals surface area contributed by atoms with Gasteiger partial charge in [0, 0.05) is 11.2 Å². The molecule has 0 saturated carbocycles. The average molecular weight is 362 g/mol. The number of ketones is 1. The molecule has 0 aliphatic carbocycles. The van der Waals surface area contributed by atoms with Crippen LogP contribution in [0.5, 0.6) is 0 Å². The van der Waals surface area contributed by atoms with Crippen molar-refractivity contribution in [3.05, 3.63) is 11.8 Å². The summed E-state index contributed by atoms with van der Waals surface area (Å²) in [6.07, 6.45) is 0. The molecule has 1 atom stereocenters. The number of rotatable bonds is 3. The first kappa shape index (κ1) is 15.5. The molecule has 8 heteroatoms. The van der Waals surface area contributed by atoms with Crippen LogP contribution in [0.3, 0.4) is 0 Å². The molecule has 1 aromatic rings. The van der Waals surface area contributed by atoms with Gasteiger partial charge in [0.15, 0.2) is 0 Å². The van der Waals surface area contributed by atoms with E-state index in [0.29, 0.717) is 17.5 Å². The zero-order chi connectivity index (χ0) is 14.9. The van der Waals surface area contributed by atoms with Crippen molar-refractivity contribution in [2.45, 2.75) is 32.2 Å². The number of carbonyl (C=O) groups is 2. The molecule has 1 aromatic heterocycles. The van der Waals surface area contributed by atoms with Crippen LogP contribution in [0.4, 0.5) is 0 Å². The molecule has 0 aromatic carbocycles. The summed E-state index contributed by atoms with van der Waals surface area (Å²) in [7, 11) is 0. The standard InChI is InChI=1S/C12H16BrN3O3S/c1-12(2,3)11-15-14-10(19-11)9(18)7-5-20-6-16(7)8(17)4-13/h7H,4-6H2,1-3H3/t7-/m0/s1. The van der Waals surface area contributed by atoms with Crippen LogP contribution in [0.15, 0.2) is 4.42 Å². The van der Waals surface area contributed by atoms with E-state index in [-0.39, 0.29) is 28.3 Å². The van der Waals surface area contributed by atoms with Gasteiger partial charge in [-0.3, -0.25) is 9.59 Å². The number of alkyl halides is 1. The van der Waals surface area contributed by atoms with Crippen LogP contribution >= 0.6 is 27.7 Å². The monoisotopic (exact) mass is 361 g/mol. The van der Waals surface area contributed by atoms with Crippen LogP contribution in [0.1, 0.15) is 37.3 Å². The lowest BCUT2D eigenvalue weighted by molar-refractivity contribution is -0.128. The van der Waals surface area contributed by atoms with Gasteiger partial charge in [0.1, 0.15) is 6.04 Å². The Morgan fingerprint density at radius 1 is 1.45 bits per heavy atom. The fourth-order valence-corrected chi connectivity index (χ4v) is 3.25. The van der Waals surface area contributed by atoms with Gasteiger partial charge in [-0.05, 0) is 0 Å². The van der Waals surface area contributed by atoms with Crippen molar-refractivity contribution in [2.75, 3.05) is 17.0 Å². The first-order valence-corrected chi connectivity index (χ1v) is 8.43. The van der Waals surface area contributed by atoms with E-state index in [0.717, 1.165) is 0 Å². The highest BCUT2D eigenvalue weighted by molar-refractivity contribution is 9.09. The maximum Gasteiger partial charge on any atom is 0.286 e. The van der Waals surface area contributed by atoms with Crippen molar-refractivity contribution in [2.24, 2.45) is 0 Å². The summed E-state index contributed by atoms with van der Waals surface area (Å²) in [6.45, 7) is 5.79. The minimum absolute atomic E-state index is 0.0187. The van der Waals surface area contributed by atoms with E-state index in [1.807, 2.05) is 20.8 Å². The predicted molar refractivity (Wildman–Crippen MR) is 79.1 cm³/mol. The number of aromatic nitrogens is 2. The van der Waals surface area contributed by atoms with Gasteiger partial charge in [-0.15, -0.1) is 22.0 Å². The molecule has 0 N–H and O–H groups in total. The quantitative estimate of drug-likeness (QED) is 0.603. The molecule has 110 valence electrons. The van der Waals surface area contributed by atoms with Crippen molar-refractivity contribution in [1.29, 1.82) is 0 Å². The third-order valence-corrected chi connectivity index (χ3v) is 4.39. The summed E-state index contributed by atoms with van der Waals surface area (Å²) < 4.78 is 5.45. The summed E-state index contributed by atoms with van der Waals surface area (Å²) in [5, 5.41) is 7.94. The van der Waals surface area contributed by atoms with E-state index in [9.17, 15) is 9.59 Å². The second kappa shape index (κ2) is 5.85. The fraction of sp³-hybridized carbons (Fsp3) is 0.667. The maximum atomic E-state index is 12.4. The van der Waals surface area contributed by atoms with Crippen LogP contribution in [0, 0.1) is 0 Å². The smallest absolute Gasteiger partial charge is 0.286 e. The largest absolute Gasteiger partial charge is 0.418 e. The number of nitrogens with zero attached hydrogens (tertiary/aromatic N) is 3. The number of thioether (sulfide) groups is 1. The van der Waals surface area contributed by atoms with Crippen LogP contribution in [0.25, 0.3) is 0 Å². The molecule has 0 spiro atoms. The van der Waals surface area contributed by atoms with E-state index in [4.69, 9.17) is 4.42 Å². The number of carbonyl (C=O) groups excluding carboxylic acids is 2. The van der Waals surface area contributed by atoms with Crippen molar-refractivity contribution in [3.8, 4) is 0 Å². The molecule has 0 unspecified atom stereocenters. The molecule has 2 rings (SSSR count). The maximum absolute atomic E-state index is 12.4. The van der Waals surface area contributed by atoms with E-state index >= 15 is 0 Å². The highest BCUT2D eigenvalue weighted by Crippen LogP contribution is 2.26. The number of amides is 1. The summed E-state index contributed by atoms with van der Waals surface area (Å²) in [6, 6.07) is -0.515. The number of halogens is 1. The second-order valence-corrected chi connectivity index (χ2v) is 7.10. The Morgan fingerprint density at radius 3 is 2.70 bits per heavy atom. The molecule has 1 saturated heterocycles. The molecule has 6 nitrogen and oxygen atoms in total. The first-order chi connectivity index (χ1) is 9.34. The minimum atomic E-state index is -0.515. The summed E-state index contributed by atoms with van der Waals surface area (Å²) in [5.74, 6) is 1.09. The number of hydrogen-bond acceptors (Lipinski definition) is 6. The lowest BCUT2D eigenvalue weighted by Gasteiger charge is -2.20. The SMILES string of the molecule is CC(C)(C)c1nnc(C(=O)[C@@H]2CSCN2C(=O)CBr)o1. The molecule has 1 fully saturated rings. The minimum Gasteiger partial charge on any atom is -0.418 e. The van der Waals surface area contributed by atoms with Gasteiger partial charge in [-0.25, -0.2) is 0 Å². The van der Waals surface area contributed by atoms with Crippen molar-refractivity contribution in [1.82, 2.24) is 15.1 Å². The molecule has 1 aliphatic heterocycles. The Balaban J connectivity index is 2.19. The molecule has 1 amide bonds. The normalized spacial score (nSPS) is 19.4. The Labute approximate surface area is 129 Å². The Kier molecular flexibility index (Phi) is 4.53. The number of Topliss-reactive ketones (excluding diaryl/α,β-unsaturated/α-hetero) is 1. The Hall–Kier alpha value is -0.890. The topological polar surface area (TPSA) is 76.3 Å². The summed E-state index contributed by atoms with van der Waals surface area (Å²) in [5.41, 5.74) is -0.304. The molecule has 20 heavy (non-hydrogen) atoms. The molecule has 0 radical (unpaired) electrons. The molecule has 0 bridgehead atoms. The zero-order valence-electron chi connectivity index (χ0n) is 11.6. The first-order valence-electron chi connectivity index (χ1n) is 6.16. The lowest BCUT2D eigenvalue weighted by Crippen LogP contribution is -2.42. The van der Waals surface area contributed by atoms with Crippen molar-refractivity contribution >= 4 is 39.4 Å². The van der Waals surface area contributed by atoms with Gasteiger partial charge in [-0.2, -0.15) is 0 Å². The lowest BCUT2D eigenvalue weighted by atomic mass is 9.97. The Morgan fingerprint density at radius 2 is 2.15 bits per heavy atom. The van der Waals surface area contributed by atoms with Crippen molar-refractivity contribution in [3.63, 3.8) is 0 Å². The van der Waals surface area contributed by atoms with Gasteiger partial charge in [0.05, 0.1) is 11.2 Å². The third kappa shape index (κ3) is 3.06.